The van der Waals surface area contributed by atoms with E-state index in [1.165, 1.54) is 6.07 Å². The highest BCUT2D eigenvalue weighted by molar-refractivity contribution is 6.32. The number of phenolic OH excluding ortho intramolecular Hbond substituents is 2. The predicted octanol–water partition coefficient (Wildman–Crippen LogP) is 2.31. The van der Waals surface area contributed by atoms with Crippen molar-refractivity contribution in [2.45, 2.75) is 31.2 Å². The van der Waals surface area contributed by atoms with Gasteiger partial charge in [0.25, 0.3) is 0 Å². The molecular weight excluding hydrogens is 233 g/mol. The summed E-state index contributed by atoms with van der Waals surface area (Å²) in [4.78, 5) is 0. The second-order valence-corrected chi connectivity index (χ2v) is 4.80. The van der Waals surface area contributed by atoms with Gasteiger partial charge in [0.2, 0.25) is 5.82 Å². The van der Waals surface area contributed by atoms with Crippen molar-refractivity contribution in [2.75, 3.05) is 0 Å². The zero-order valence-electron chi connectivity index (χ0n) is 8.63. The monoisotopic (exact) mass is 245 g/mol. The Balaban J connectivity index is 2.20. The number of rotatable bonds is 3. The van der Waals surface area contributed by atoms with E-state index in [1.807, 2.05) is 0 Å². The van der Waals surface area contributed by atoms with E-state index >= 15 is 0 Å². The first-order chi connectivity index (χ1) is 7.43. The minimum atomic E-state index is -1.07. The van der Waals surface area contributed by atoms with Gasteiger partial charge in [-0.1, -0.05) is 11.6 Å². The number of halogens is 2. The SMILES string of the molecule is NC1(CCc2cc(Cl)c(O)c(F)c2O)CC1. The first-order valence-corrected chi connectivity index (χ1v) is 5.48. The summed E-state index contributed by atoms with van der Waals surface area (Å²) in [6, 6.07) is 1.38. The van der Waals surface area contributed by atoms with Gasteiger partial charge >= 0.3 is 0 Å². The fourth-order valence-electron chi connectivity index (χ4n) is 1.63. The molecule has 88 valence electrons. The van der Waals surface area contributed by atoms with Crippen LogP contribution in [0.4, 0.5) is 4.39 Å². The van der Waals surface area contributed by atoms with Gasteiger partial charge in [-0.2, -0.15) is 4.39 Å². The van der Waals surface area contributed by atoms with Crippen LogP contribution in [-0.4, -0.2) is 15.8 Å². The molecule has 0 unspecified atom stereocenters. The maximum atomic E-state index is 13.3. The minimum Gasteiger partial charge on any atom is -0.505 e. The van der Waals surface area contributed by atoms with Crippen LogP contribution in [0.3, 0.4) is 0 Å². The van der Waals surface area contributed by atoms with Crippen LogP contribution in [0.1, 0.15) is 24.8 Å². The largest absolute Gasteiger partial charge is 0.505 e. The van der Waals surface area contributed by atoms with Crippen LogP contribution in [-0.2, 0) is 6.42 Å². The Morgan fingerprint density at radius 3 is 2.56 bits per heavy atom. The summed E-state index contributed by atoms with van der Waals surface area (Å²) in [5.74, 6) is -2.31. The van der Waals surface area contributed by atoms with Gasteiger partial charge in [-0.25, -0.2) is 0 Å². The third-order valence-electron chi connectivity index (χ3n) is 3.03. The van der Waals surface area contributed by atoms with Crippen molar-refractivity contribution < 1.29 is 14.6 Å². The van der Waals surface area contributed by atoms with Crippen molar-refractivity contribution in [2.24, 2.45) is 5.73 Å². The summed E-state index contributed by atoms with van der Waals surface area (Å²) in [6.45, 7) is 0. The Bertz CT molecular complexity index is 432. The fourth-order valence-corrected chi connectivity index (χ4v) is 1.85. The molecule has 5 heteroatoms. The van der Waals surface area contributed by atoms with E-state index in [1.54, 1.807) is 0 Å². The summed E-state index contributed by atoms with van der Waals surface area (Å²) in [7, 11) is 0. The van der Waals surface area contributed by atoms with Crippen molar-refractivity contribution in [3.8, 4) is 11.5 Å². The summed E-state index contributed by atoms with van der Waals surface area (Å²) in [5, 5.41) is 18.6. The van der Waals surface area contributed by atoms with Crippen molar-refractivity contribution in [1.82, 2.24) is 0 Å². The number of hydrogen-bond acceptors (Lipinski definition) is 3. The second kappa shape index (κ2) is 3.79. The zero-order valence-corrected chi connectivity index (χ0v) is 9.39. The lowest BCUT2D eigenvalue weighted by molar-refractivity contribution is 0.384. The van der Waals surface area contributed by atoms with Gasteiger partial charge < -0.3 is 15.9 Å². The van der Waals surface area contributed by atoms with Crippen molar-refractivity contribution >= 4 is 11.6 Å². The van der Waals surface area contributed by atoms with E-state index in [2.05, 4.69) is 0 Å². The molecule has 0 atom stereocenters. The Labute approximate surface area is 97.6 Å². The molecule has 1 saturated carbocycles. The number of hydrogen-bond donors (Lipinski definition) is 3. The van der Waals surface area contributed by atoms with E-state index in [4.69, 9.17) is 22.4 Å². The molecule has 1 fully saturated rings. The second-order valence-electron chi connectivity index (χ2n) is 4.39. The van der Waals surface area contributed by atoms with Crippen LogP contribution in [0.5, 0.6) is 11.5 Å². The number of nitrogens with two attached hydrogens (primary N) is 1. The average molecular weight is 246 g/mol. The highest BCUT2D eigenvalue weighted by Gasteiger charge is 2.37. The van der Waals surface area contributed by atoms with E-state index in [9.17, 15) is 9.50 Å². The predicted molar refractivity (Wildman–Crippen MR) is 59.2 cm³/mol. The molecule has 4 N–H and O–H groups in total. The Hall–Kier alpha value is -1.00. The summed E-state index contributed by atoms with van der Waals surface area (Å²) in [6.07, 6.45) is 3.06. The van der Waals surface area contributed by atoms with Crippen molar-refractivity contribution in [3.05, 3.63) is 22.5 Å². The van der Waals surface area contributed by atoms with Crippen LogP contribution in [0, 0.1) is 5.82 Å². The fraction of sp³-hybridized carbons (Fsp3) is 0.455. The molecule has 1 aliphatic carbocycles. The van der Waals surface area contributed by atoms with Gasteiger partial charge in [-0.3, -0.25) is 0 Å². The van der Waals surface area contributed by atoms with Gasteiger partial charge in [0.1, 0.15) is 0 Å². The van der Waals surface area contributed by atoms with E-state index in [-0.39, 0.29) is 10.6 Å². The smallest absolute Gasteiger partial charge is 0.208 e. The summed E-state index contributed by atoms with van der Waals surface area (Å²) in [5.41, 5.74) is 6.12. The first kappa shape index (κ1) is 11.5. The highest BCUT2D eigenvalue weighted by atomic mass is 35.5. The molecule has 0 heterocycles. The van der Waals surface area contributed by atoms with Crippen LogP contribution in [0.15, 0.2) is 6.07 Å². The molecule has 16 heavy (non-hydrogen) atoms. The average Bonchev–Trinajstić information content (AvgIpc) is 2.98. The molecule has 0 amide bonds. The molecule has 0 spiro atoms. The van der Waals surface area contributed by atoms with Crippen LogP contribution >= 0.6 is 11.6 Å². The zero-order chi connectivity index (χ0) is 11.9. The van der Waals surface area contributed by atoms with Gasteiger partial charge in [-0.15, -0.1) is 0 Å². The molecule has 0 aromatic heterocycles. The normalized spacial score (nSPS) is 17.4. The molecule has 0 radical (unpaired) electrons. The van der Waals surface area contributed by atoms with Gasteiger partial charge in [-0.05, 0) is 37.3 Å². The molecule has 1 aromatic rings. The first-order valence-electron chi connectivity index (χ1n) is 5.11. The quantitative estimate of drug-likeness (QED) is 0.766. The molecule has 1 aliphatic rings. The minimum absolute atomic E-state index is 0.0906. The molecule has 1 aromatic carbocycles. The lowest BCUT2D eigenvalue weighted by Gasteiger charge is -2.11. The van der Waals surface area contributed by atoms with Crippen molar-refractivity contribution in [3.63, 3.8) is 0 Å². The molecule has 0 aliphatic heterocycles. The number of aromatic hydroxyl groups is 2. The Morgan fingerprint density at radius 2 is 2.00 bits per heavy atom. The van der Waals surface area contributed by atoms with E-state index < -0.39 is 17.3 Å². The maximum absolute atomic E-state index is 13.3. The Kier molecular flexibility index (Phi) is 2.72. The van der Waals surface area contributed by atoms with Crippen LogP contribution in [0.2, 0.25) is 5.02 Å². The maximum Gasteiger partial charge on any atom is 0.208 e. The number of aryl methyl sites for hydroxylation is 1. The molecule has 0 saturated heterocycles. The van der Waals surface area contributed by atoms with Crippen molar-refractivity contribution in [1.29, 1.82) is 0 Å². The third-order valence-corrected chi connectivity index (χ3v) is 3.32. The molecule has 0 bridgehead atoms. The van der Waals surface area contributed by atoms with Gasteiger partial charge in [0.15, 0.2) is 11.5 Å². The molecule has 3 nitrogen and oxygen atoms in total. The number of benzene rings is 1. The lowest BCUT2D eigenvalue weighted by atomic mass is 10.0. The molecular formula is C11H13ClFNO2. The van der Waals surface area contributed by atoms with Crippen LogP contribution < -0.4 is 5.73 Å². The Morgan fingerprint density at radius 1 is 1.38 bits per heavy atom. The highest BCUT2D eigenvalue weighted by Crippen LogP contribution is 2.40. The summed E-state index contributed by atoms with van der Waals surface area (Å²) >= 11 is 5.62. The van der Waals surface area contributed by atoms with E-state index in [0.29, 0.717) is 18.4 Å². The standard InChI is InChI=1S/C11H13ClFNO2/c12-7-5-6(1-2-11(14)3-4-11)9(15)8(13)10(7)16/h5,15-16H,1-4,14H2. The number of phenols is 2. The summed E-state index contributed by atoms with van der Waals surface area (Å²) < 4.78 is 13.3. The van der Waals surface area contributed by atoms with Gasteiger partial charge in [0, 0.05) is 5.54 Å². The topological polar surface area (TPSA) is 66.5 Å². The van der Waals surface area contributed by atoms with Crippen LogP contribution in [0.25, 0.3) is 0 Å². The lowest BCUT2D eigenvalue weighted by Crippen LogP contribution is -2.22. The van der Waals surface area contributed by atoms with E-state index in [0.717, 1.165) is 12.8 Å². The molecule has 2 rings (SSSR count). The van der Waals surface area contributed by atoms with Gasteiger partial charge in [0.05, 0.1) is 5.02 Å². The third kappa shape index (κ3) is 2.08.